The van der Waals surface area contributed by atoms with Gasteiger partial charge in [0.2, 0.25) is 0 Å². The van der Waals surface area contributed by atoms with Gasteiger partial charge in [-0.15, -0.1) is 6.58 Å². The lowest BCUT2D eigenvalue weighted by Gasteiger charge is -2.32. The summed E-state index contributed by atoms with van der Waals surface area (Å²) in [6.45, 7) is 5.51. The maximum atomic E-state index is 11.8. The standard InChI is InChI=1S/C13H18O/c1-3-4-7-13(10(2)14)9-11-5-6-12(13)8-11/h3,5-6,11-12H,1,4,7-9H2,2H3/t11-,12+,13+/m0/s1. The molecule has 1 heteroatoms. The van der Waals surface area contributed by atoms with Gasteiger partial charge in [-0.3, -0.25) is 4.79 Å². The molecule has 0 saturated heterocycles. The molecule has 1 fully saturated rings. The molecule has 0 aromatic heterocycles. The SMILES string of the molecule is C=CCC[C@]1(C(C)=O)C[C@H]2C=C[C@@H]1C2. The molecule has 3 atom stereocenters. The van der Waals surface area contributed by atoms with Gasteiger partial charge in [0.05, 0.1) is 0 Å². The minimum Gasteiger partial charge on any atom is -0.299 e. The van der Waals surface area contributed by atoms with Gasteiger partial charge in [-0.25, -0.2) is 0 Å². The van der Waals surface area contributed by atoms with E-state index in [-0.39, 0.29) is 5.41 Å². The van der Waals surface area contributed by atoms with Gasteiger partial charge in [-0.1, -0.05) is 18.2 Å². The van der Waals surface area contributed by atoms with Crippen molar-refractivity contribution in [3.63, 3.8) is 0 Å². The van der Waals surface area contributed by atoms with Crippen LogP contribution in [0.3, 0.4) is 0 Å². The predicted octanol–water partition coefficient (Wildman–Crippen LogP) is 3.12. The zero-order valence-electron chi connectivity index (χ0n) is 8.83. The van der Waals surface area contributed by atoms with Crippen molar-refractivity contribution in [2.24, 2.45) is 17.3 Å². The molecular weight excluding hydrogens is 172 g/mol. The van der Waals surface area contributed by atoms with Gasteiger partial charge in [0.15, 0.2) is 0 Å². The van der Waals surface area contributed by atoms with Crippen molar-refractivity contribution in [1.29, 1.82) is 0 Å². The van der Waals surface area contributed by atoms with E-state index in [9.17, 15) is 4.79 Å². The monoisotopic (exact) mass is 190 g/mol. The summed E-state index contributed by atoms with van der Waals surface area (Å²) in [6.07, 6.45) is 10.7. The van der Waals surface area contributed by atoms with Crippen molar-refractivity contribution < 1.29 is 4.79 Å². The highest BCUT2D eigenvalue weighted by Crippen LogP contribution is 2.55. The van der Waals surface area contributed by atoms with E-state index in [1.54, 1.807) is 6.92 Å². The smallest absolute Gasteiger partial charge is 0.136 e. The van der Waals surface area contributed by atoms with E-state index < -0.39 is 0 Å². The van der Waals surface area contributed by atoms with Crippen molar-refractivity contribution in [1.82, 2.24) is 0 Å². The van der Waals surface area contributed by atoms with E-state index in [2.05, 4.69) is 18.7 Å². The lowest BCUT2D eigenvalue weighted by Crippen LogP contribution is -2.33. The summed E-state index contributed by atoms with van der Waals surface area (Å²) in [5, 5.41) is 0. The van der Waals surface area contributed by atoms with Crippen molar-refractivity contribution in [2.75, 3.05) is 0 Å². The molecule has 0 radical (unpaired) electrons. The molecule has 0 N–H and O–H groups in total. The van der Waals surface area contributed by atoms with Crippen molar-refractivity contribution in [2.45, 2.75) is 32.6 Å². The van der Waals surface area contributed by atoms with E-state index >= 15 is 0 Å². The molecule has 0 heterocycles. The minimum atomic E-state index is -0.0341. The third-order valence-electron chi connectivity index (χ3n) is 4.00. The molecule has 2 aliphatic rings. The largest absolute Gasteiger partial charge is 0.299 e. The van der Waals surface area contributed by atoms with Crippen LogP contribution in [0.1, 0.15) is 32.6 Å². The molecule has 0 spiro atoms. The summed E-state index contributed by atoms with van der Waals surface area (Å²) in [5.74, 6) is 1.58. The van der Waals surface area contributed by atoms with Crippen LogP contribution >= 0.6 is 0 Å². The van der Waals surface area contributed by atoms with Gasteiger partial charge >= 0.3 is 0 Å². The number of allylic oxidation sites excluding steroid dienone is 3. The Labute approximate surface area is 85.9 Å². The third-order valence-corrected chi connectivity index (χ3v) is 4.00. The Hall–Kier alpha value is -0.850. The van der Waals surface area contributed by atoms with Gasteiger partial charge in [0.1, 0.15) is 5.78 Å². The molecule has 0 aromatic carbocycles. The molecule has 76 valence electrons. The lowest BCUT2D eigenvalue weighted by molar-refractivity contribution is -0.128. The fraction of sp³-hybridized carbons (Fsp3) is 0.615. The molecule has 14 heavy (non-hydrogen) atoms. The zero-order chi connectivity index (χ0) is 10.2. The highest BCUT2D eigenvalue weighted by molar-refractivity contribution is 5.83. The Bertz CT molecular complexity index is 290. The molecule has 1 saturated carbocycles. The summed E-state index contributed by atoms with van der Waals surface area (Å²) >= 11 is 0. The van der Waals surface area contributed by atoms with Crippen molar-refractivity contribution >= 4 is 5.78 Å². The molecule has 0 aromatic rings. The van der Waals surface area contributed by atoms with E-state index in [0.717, 1.165) is 19.3 Å². The number of carbonyl (C=O) groups excluding carboxylic acids is 1. The highest BCUT2D eigenvalue weighted by Gasteiger charge is 2.50. The van der Waals surface area contributed by atoms with Gasteiger partial charge < -0.3 is 0 Å². The van der Waals surface area contributed by atoms with Gasteiger partial charge in [-0.2, -0.15) is 0 Å². The van der Waals surface area contributed by atoms with Gasteiger partial charge in [0, 0.05) is 5.41 Å². The molecule has 2 bridgehead atoms. The Morgan fingerprint density at radius 2 is 2.43 bits per heavy atom. The number of hydrogen-bond donors (Lipinski definition) is 0. The van der Waals surface area contributed by atoms with Crippen LogP contribution in [0.15, 0.2) is 24.8 Å². The number of carbonyl (C=O) groups is 1. The molecule has 2 rings (SSSR count). The van der Waals surface area contributed by atoms with Crippen molar-refractivity contribution in [3.8, 4) is 0 Å². The van der Waals surface area contributed by atoms with E-state index in [0.29, 0.717) is 17.6 Å². The first-order chi connectivity index (χ1) is 6.69. The lowest BCUT2D eigenvalue weighted by atomic mass is 9.70. The first kappa shape index (κ1) is 9.70. The van der Waals surface area contributed by atoms with E-state index in [1.807, 2.05) is 6.08 Å². The van der Waals surface area contributed by atoms with Crippen LogP contribution in [0, 0.1) is 17.3 Å². The maximum Gasteiger partial charge on any atom is 0.136 e. The Morgan fingerprint density at radius 3 is 2.86 bits per heavy atom. The fourth-order valence-corrected chi connectivity index (χ4v) is 3.18. The third kappa shape index (κ3) is 1.26. The Balaban J connectivity index is 2.20. The van der Waals surface area contributed by atoms with Crippen LogP contribution in [0.25, 0.3) is 0 Å². The Kier molecular flexibility index (Phi) is 2.34. The van der Waals surface area contributed by atoms with Crippen LogP contribution in [-0.2, 0) is 4.79 Å². The van der Waals surface area contributed by atoms with Crippen LogP contribution in [0.4, 0.5) is 0 Å². The molecule has 0 aliphatic heterocycles. The van der Waals surface area contributed by atoms with Gasteiger partial charge in [0.25, 0.3) is 0 Å². The van der Waals surface area contributed by atoms with Gasteiger partial charge in [-0.05, 0) is 44.4 Å². The number of hydrogen-bond acceptors (Lipinski definition) is 1. The average Bonchev–Trinajstić information content (AvgIpc) is 2.74. The summed E-state index contributed by atoms with van der Waals surface area (Å²) in [4.78, 5) is 11.8. The first-order valence-corrected chi connectivity index (χ1v) is 5.49. The quantitative estimate of drug-likeness (QED) is 0.622. The number of rotatable bonds is 4. The normalized spacial score (nSPS) is 38.9. The minimum absolute atomic E-state index is 0.0341. The predicted molar refractivity (Wildman–Crippen MR) is 57.9 cm³/mol. The van der Waals surface area contributed by atoms with Crippen LogP contribution in [0.5, 0.6) is 0 Å². The second kappa shape index (κ2) is 3.38. The second-order valence-corrected chi connectivity index (χ2v) is 4.73. The molecule has 0 unspecified atom stereocenters. The zero-order valence-corrected chi connectivity index (χ0v) is 8.83. The molecule has 2 aliphatic carbocycles. The summed E-state index contributed by atoms with van der Waals surface area (Å²) in [5.41, 5.74) is -0.0341. The molecule has 1 nitrogen and oxygen atoms in total. The summed E-state index contributed by atoms with van der Waals surface area (Å²) in [6, 6.07) is 0. The average molecular weight is 190 g/mol. The topological polar surface area (TPSA) is 17.1 Å². The fourth-order valence-electron chi connectivity index (χ4n) is 3.18. The maximum absolute atomic E-state index is 11.8. The summed E-state index contributed by atoms with van der Waals surface area (Å²) in [7, 11) is 0. The molecular formula is C13H18O. The summed E-state index contributed by atoms with van der Waals surface area (Å²) < 4.78 is 0. The second-order valence-electron chi connectivity index (χ2n) is 4.73. The van der Waals surface area contributed by atoms with E-state index in [1.165, 1.54) is 6.42 Å². The van der Waals surface area contributed by atoms with E-state index in [4.69, 9.17) is 0 Å². The Morgan fingerprint density at radius 1 is 1.64 bits per heavy atom. The number of fused-ring (bicyclic) bond motifs is 2. The highest BCUT2D eigenvalue weighted by atomic mass is 16.1. The van der Waals surface area contributed by atoms with Crippen LogP contribution in [0.2, 0.25) is 0 Å². The van der Waals surface area contributed by atoms with Crippen molar-refractivity contribution in [3.05, 3.63) is 24.8 Å². The first-order valence-electron chi connectivity index (χ1n) is 5.49. The van der Waals surface area contributed by atoms with Crippen LogP contribution < -0.4 is 0 Å². The molecule has 0 amide bonds. The number of Topliss-reactive ketones (excluding diaryl/α,β-unsaturated/α-hetero) is 1. The van der Waals surface area contributed by atoms with Crippen LogP contribution in [-0.4, -0.2) is 5.78 Å². The number of ketones is 1.